The van der Waals surface area contributed by atoms with Gasteiger partial charge in [0, 0.05) is 12.2 Å². The van der Waals surface area contributed by atoms with Gasteiger partial charge in [-0.05, 0) is 50.2 Å². The minimum atomic E-state index is -0.714. The van der Waals surface area contributed by atoms with E-state index in [1.165, 1.54) is 15.8 Å². The lowest BCUT2D eigenvalue weighted by Crippen LogP contribution is -2.51. The number of carbonyl (C=O) groups excluding carboxylic acids is 1. The maximum Gasteiger partial charge on any atom is 0.411 e. The van der Waals surface area contributed by atoms with Gasteiger partial charge in [-0.25, -0.2) is 4.79 Å². The number of hydrogen-bond acceptors (Lipinski definition) is 4. The number of aliphatic hydroxyl groups is 1. The van der Waals surface area contributed by atoms with E-state index in [9.17, 15) is 14.7 Å². The van der Waals surface area contributed by atoms with Gasteiger partial charge in [0.05, 0.1) is 0 Å². The number of hydrogen-bond donors (Lipinski definition) is 3. The molecule has 1 fully saturated rings. The summed E-state index contributed by atoms with van der Waals surface area (Å²) in [6.07, 6.45) is 2.77. The molecule has 2 aromatic carbocycles. The predicted octanol–water partition coefficient (Wildman–Crippen LogP) is 1.55. The average molecular weight is 423 g/mol. The Balaban J connectivity index is 1.62. The number of aromatic amines is 1. The Morgan fingerprint density at radius 2 is 1.68 bits per heavy atom. The molecule has 3 N–H and O–H groups in total. The fraction of sp³-hybridized carbons (Fsp3) is 0.348. The summed E-state index contributed by atoms with van der Waals surface area (Å²) >= 11 is 0. The van der Waals surface area contributed by atoms with E-state index in [4.69, 9.17) is 0 Å². The monoisotopic (exact) mass is 422 g/mol. The van der Waals surface area contributed by atoms with E-state index < -0.39 is 17.6 Å². The number of nitrogens with zero attached hydrogens (tertiary/aromatic N) is 3. The highest BCUT2D eigenvalue weighted by Gasteiger charge is 2.31. The Labute approximate surface area is 180 Å². The van der Waals surface area contributed by atoms with Gasteiger partial charge in [0.2, 0.25) is 0 Å². The Morgan fingerprint density at radius 1 is 1.03 bits per heavy atom. The molecule has 0 saturated carbocycles. The maximum absolute atomic E-state index is 13.2. The summed E-state index contributed by atoms with van der Waals surface area (Å²) in [4.78, 5) is 28.4. The Morgan fingerprint density at radius 3 is 2.35 bits per heavy atom. The molecule has 0 radical (unpaired) electrons. The first-order valence-electron chi connectivity index (χ1n) is 10.7. The zero-order chi connectivity index (χ0) is 21.6. The van der Waals surface area contributed by atoms with Gasteiger partial charge >= 0.3 is 17.2 Å². The largest absolute Gasteiger partial charge is 0.411 e. The minimum Gasteiger partial charge on any atom is -0.388 e. The predicted molar refractivity (Wildman–Crippen MR) is 117 cm³/mol. The molecule has 4 rings (SSSR count). The van der Waals surface area contributed by atoms with Crippen molar-refractivity contribution in [3.05, 3.63) is 76.7 Å². The van der Waals surface area contributed by atoms with E-state index in [-0.39, 0.29) is 12.2 Å². The number of piperidine rings is 1. The fourth-order valence-corrected chi connectivity index (χ4v) is 3.96. The molecule has 1 atom stereocenters. The quantitative estimate of drug-likeness (QED) is 0.504. The van der Waals surface area contributed by atoms with Crippen molar-refractivity contribution < 1.29 is 14.6 Å². The number of para-hydroxylation sites is 2. The number of β-amino-alcohol motifs (C(OH)–C–C–N with tert-alkyl or cyclic N) is 1. The molecule has 0 spiro atoms. The standard InChI is InChI=1S/C23H27N5O3/c29-20(16-26-14-8-3-9-15-26)17-27-21(22(30)24-18-10-4-1-5-11-18)23(31)28(25-27)19-12-6-2-7-13-19/h1-2,4-7,10-13,20,29H,3,8-9,14-17H2,(H-,24,25,30,31)/p+1/t20-/m0/s1. The van der Waals surface area contributed by atoms with Crippen LogP contribution in [0.5, 0.6) is 0 Å². The smallest absolute Gasteiger partial charge is 0.388 e. The lowest BCUT2D eigenvalue weighted by Gasteiger charge is -2.27. The molecule has 31 heavy (non-hydrogen) atoms. The fourth-order valence-electron chi connectivity index (χ4n) is 3.96. The van der Waals surface area contributed by atoms with Crippen LogP contribution >= 0.6 is 0 Å². The summed E-state index contributed by atoms with van der Waals surface area (Å²) in [6, 6.07) is 18.1. The molecule has 8 nitrogen and oxygen atoms in total. The lowest BCUT2D eigenvalue weighted by atomic mass is 10.1. The zero-order valence-electron chi connectivity index (χ0n) is 17.4. The molecule has 2 heterocycles. The van der Waals surface area contributed by atoms with E-state index in [0.29, 0.717) is 17.9 Å². The highest BCUT2D eigenvalue weighted by molar-refractivity contribution is 6.01. The van der Waals surface area contributed by atoms with Crippen LogP contribution in [0.15, 0.2) is 65.5 Å². The summed E-state index contributed by atoms with van der Waals surface area (Å²) in [5, 5.41) is 16.5. The molecule has 1 aliphatic heterocycles. The van der Waals surface area contributed by atoms with Crippen molar-refractivity contribution in [1.29, 1.82) is 0 Å². The van der Waals surface area contributed by atoms with Gasteiger partial charge in [-0.2, -0.15) is 0 Å². The van der Waals surface area contributed by atoms with Crippen LogP contribution in [0.2, 0.25) is 0 Å². The SMILES string of the molecule is O=C(Nc1ccccc1)c1c(=O)n(-c2ccccc2)[nH][n+]1C[C@@H](O)CN1CCCCC1. The maximum atomic E-state index is 13.2. The molecular weight excluding hydrogens is 394 g/mol. The molecule has 162 valence electrons. The second-order valence-corrected chi connectivity index (χ2v) is 7.87. The van der Waals surface area contributed by atoms with Crippen LogP contribution in [-0.2, 0) is 6.54 Å². The Bertz CT molecular complexity index is 1060. The summed E-state index contributed by atoms with van der Waals surface area (Å²) in [6.45, 7) is 2.55. The van der Waals surface area contributed by atoms with Crippen LogP contribution < -0.4 is 15.6 Å². The number of carbonyl (C=O) groups is 1. The van der Waals surface area contributed by atoms with Gasteiger partial charge in [-0.1, -0.05) is 52.7 Å². The van der Waals surface area contributed by atoms with Crippen molar-refractivity contribution in [2.45, 2.75) is 31.9 Å². The third-order valence-electron chi connectivity index (χ3n) is 5.47. The number of likely N-dealkylation sites (tertiary alicyclic amines) is 1. The van der Waals surface area contributed by atoms with Crippen molar-refractivity contribution >= 4 is 11.6 Å². The van der Waals surface area contributed by atoms with Crippen molar-refractivity contribution in [1.82, 2.24) is 14.8 Å². The van der Waals surface area contributed by atoms with Gasteiger partial charge in [0.15, 0.2) is 5.69 Å². The first-order chi connectivity index (χ1) is 15.1. The van der Waals surface area contributed by atoms with E-state index in [2.05, 4.69) is 15.4 Å². The van der Waals surface area contributed by atoms with Crippen molar-refractivity contribution in [2.75, 3.05) is 25.0 Å². The molecule has 0 unspecified atom stereocenters. The number of nitrogens with one attached hydrogen (secondary N) is 2. The molecule has 3 aromatic rings. The third kappa shape index (κ3) is 5.10. The summed E-state index contributed by atoms with van der Waals surface area (Å²) < 4.78 is 2.77. The van der Waals surface area contributed by atoms with Gasteiger partial charge in [-0.3, -0.25) is 4.79 Å². The average Bonchev–Trinajstić information content (AvgIpc) is 3.11. The number of anilines is 1. The molecule has 1 aromatic heterocycles. The first kappa shape index (κ1) is 21.0. The molecule has 1 aliphatic rings. The molecule has 1 saturated heterocycles. The second-order valence-electron chi connectivity index (χ2n) is 7.87. The summed E-state index contributed by atoms with van der Waals surface area (Å²) in [7, 11) is 0. The van der Waals surface area contributed by atoms with Crippen LogP contribution in [0.25, 0.3) is 5.69 Å². The van der Waals surface area contributed by atoms with Crippen molar-refractivity contribution in [3.63, 3.8) is 0 Å². The van der Waals surface area contributed by atoms with Gasteiger partial charge in [0.25, 0.3) is 0 Å². The number of aromatic nitrogens is 3. The van der Waals surface area contributed by atoms with Gasteiger partial charge < -0.3 is 15.3 Å². The van der Waals surface area contributed by atoms with Crippen LogP contribution in [0, 0.1) is 0 Å². The Kier molecular flexibility index (Phi) is 6.59. The second kappa shape index (κ2) is 9.72. The van der Waals surface area contributed by atoms with E-state index in [1.54, 1.807) is 24.3 Å². The van der Waals surface area contributed by atoms with Crippen LogP contribution in [0.1, 0.15) is 29.8 Å². The van der Waals surface area contributed by atoms with Crippen molar-refractivity contribution in [2.24, 2.45) is 0 Å². The van der Waals surface area contributed by atoms with Crippen LogP contribution in [0.4, 0.5) is 5.69 Å². The van der Waals surface area contributed by atoms with Gasteiger partial charge in [0.1, 0.15) is 12.6 Å². The first-order valence-corrected chi connectivity index (χ1v) is 10.7. The number of benzene rings is 2. The molecule has 0 aliphatic carbocycles. The topological polar surface area (TPSA) is 94.2 Å². The zero-order valence-corrected chi connectivity index (χ0v) is 17.4. The lowest BCUT2D eigenvalue weighted by molar-refractivity contribution is -0.761. The normalized spacial score (nSPS) is 15.5. The Hall–Kier alpha value is -3.23. The number of rotatable bonds is 7. The number of H-pyrrole nitrogens is 1. The van der Waals surface area contributed by atoms with E-state index >= 15 is 0 Å². The molecule has 1 amide bonds. The van der Waals surface area contributed by atoms with Gasteiger partial charge in [-0.15, -0.1) is 4.68 Å². The molecule has 0 bridgehead atoms. The van der Waals surface area contributed by atoms with Crippen molar-refractivity contribution in [3.8, 4) is 5.69 Å². The summed E-state index contributed by atoms with van der Waals surface area (Å²) in [5.41, 5.74) is 0.695. The molecular formula is C23H28N5O3+. The number of aliphatic hydroxyl groups excluding tert-OH is 1. The van der Waals surface area contributed by atoms with Crippen LogP contribution in [-0.4, -0.2) is 51.5 Å². The van der Waals surface area contributed by atoms with E-state index in [0.717, 1.165) is 25.9 Å². The third-order valence-corrected chi connectivity index (χ3v) is 5.47. The minimum absolute atomic E-state index is 0.0506. The summed E-state index contributed by atoms with van der Waals surface area (Å²) in [5.74, 6) is -0.521. The number of amides is 1. The molecule has 8 heteroatoms. The highest BCUT2D eigenvalue weighted by Crippen LogP contribution is 2.10. The van der Waals surface area contributed by atoms with E-state index in [1.807, 2.05) is 36.4 Å². The van der Waals surface area contributed by atoms with Crippen LogP contribution in [0.3, 0.4) is 0 Å². The highest BCUT2D eigenvalue weighted by atomic mass is 16.3.